The van der Waals surface area contributed by atoms with Crippen LogP contribution in [0, 0.1) is 0 Å². The summed E-state index contributed by atoms with van der Waals surface area (Å²) in [5.41, 5.74) is 0.464. The molecule has 0 bridgehead atoms. The normalized spacial score (nSPS) is 10.7. The summed E-state index contributed by atoms with van der Waals surface area (Å²) >= 11 is 5.67. The number of anilines is 1. The van der Waals surface area contributed by atoms with Crippen LogP contribution in [0.25, 0.3) is 0 Å². The second-order valence-corrected chi connectivity index (χ2v) is 6.33. The fourth-order valence-electron chi connectivity index (χ4n) is 0.937. The van der Waals surface area contributed by atoms with Gasteiger partial charge in [-0.05, 0) is 38.1 Å². The van der Waals surface area contributed by atoms with E-state index in [1.54, 1.807) is 24.3 Å². The average Bonchev–Trinajstić information content (AvgIpc) is 2.20. The molecule has 2 amide bonds. The minimum absolute atomic E-state index is 0. The topological polar surface area (TPSA) is 75.3 Å². The Hall–Kier alpha value is -0.270. The number of rotatable bonds is 3. The Bertz CT molecular complexity index is 502. The van der Waals surface area contributed by atoms with Crippen molar-refractivity contribution in [3.63, 3.8) is 0 Å². The number of hydrogen-bond donors (Lipinski definition) is 2. The number of carbonyl (C=O) groups is 1. The van der Waals surface area contributed by atoms with E-state index in [1.165, 1.54) is 13.8 Å². The first kappa shape index (κ1) is 17.7. The molecule has 0 heterocycles. The van der Waals surface area contributed by atoms with Gasteiger partial charge in [0, 0.05) is 10.7 Å². The van der Waals surface area contributed by atoms with Crippen LogP contribution in [-0.4, -0.2) is 49.3 Å². The van der Waals surface area contributed by atoms with Crippen LogP contribution in [0.1, 0.15) is 13.8 Å². The van der Waals surface area contributed by atoms with Crippen molar-refractivity contribution in [2.75, 3.05) is 5.32 Å². The van der Waals surface area contributed by atoms with Gasteiger partial charge in [-0.2, -0.15) is 0 Å². The van der Waals surface area contributed by atoms with Crippen LogP contribution in [0.15, 0.2) is 24.3 Å². The van der Waals surface area contributed by atoms with Gasteiger partial charge in [-0.3, -0.25) is 0 Å². The SMILES string of the molecule is CC(C)S(=O)(=O)NC(=O)Nc1ccc(Cl)cc1.[NaH]. The predicted octanol–water partition coefficient (Wildman–Crippen LogP) is 1.55. The summed E-state index contributed by atoms with van der Waals surface area (Å²) < 4.78 is 24.7. The van der Waals surface area contributed by atoms with Gasteiger partial charge in [0.15, 0.2) is 0 Å². The molecule has 0 saturated heterocycles. The van der Waals surface area contributed by atoms with E-state index in [2.05, 4.69) is 5.32 Å². The number of hydrogen-bond acceptors (Lipinski definition) is 3. The molecular formula is C10H14ClN2NaO3S. The molecule has 0 aliphatic carbocycles. The molecule has 2 N–H and O–H groups in total. The monoisotopic (exact) mass is 300 g/mol. The van der Waals surface area contributed by atoms with Crippen molar-refractivity contribution >= 4 is 62.9 Å². The van der Waals surface area contributed by atoms with E-state index in [0.29, 0.717) is 10.7 Å². The van der Waals surface area contributed by atoms with Crippen LogP contribution in [0.5, 0.6) is 0 Å². The van der Waals surface area contributed by atoms with Crippen LogP contribution < -0.4 is 10.0 Å². The Kier molecular flexibility index (Phi) is 7.24. The number of carbonyl (C=O) groups excluding carboxylic acids is 1. The number of sulfonamides is 1. The zero-order chi connectivity index (χ0) is 13.1. The summed E-state index contributed by atoms with van der Waals surface area (Å²) in [4.78, 5) is 11.4. The van der Waals surface area contributed by atoms with Crippen molar-refractivity contribution in [3.8, 4) is 0 Å². The third-order valence-corrected chi connectivity index (χ3v) is 3.92. The van der Waals surface area contributed by atoms with Crippen LogP contribution in [-0.2, 0) is 10.0 Å². The predicted molar refractivity (Wildman–Crippen MR) is 74.8 cm³/mol. The molecule has 5 nitrogen and oxygen atoms in total. The van der Waals surface area contributed by atoms with E-state index in [1.807, 2.05) is 4.72 Å². The molecule has 0 radical (unpaired) electrons. The summed E-state index contributed by atoms with van der Waals surface area (Å²) in [5.74, 6) is 0. The van der Waals surface area contributed by atoms with E-state index in [9.17, 15) is 13.2 Å². The first-order chi connectivity index (χ1) is 7.81. The molecule has 0 aliphatic heterocycles. The fourth-order valence-corrected chi connectivity index (χ4v) is 1.61. The van der Waals surface area contributed by atoms with E-state index in [0.717, 1.165) is 0 Å². The molecule has 8 heteroatoms. The molecule has 0 spiro atoms. The van der Waals surface area contributed by atoms with E-state index < -0.39 is 21.3 Å². The van der Waals surface area contributed by atoms with Gasteiger partial charge in [0.25, 0.3) is 0 Å². The van der Waals surface area contributed by atoms with Gasteiger partial charge in [-0.25, -0.2) is 17.9 Å². The number of halogens is 1. The van der Waals surface area contributed by atoms with Crippen molar-refractivity contribution in [1.29, 1.82) is 0 Å². The Balaban J connectivity index is 0.00000289. The van der Waals surface area contributed by atoms with E-state index in [4.69, 9.17) is 11.6 Å². The molecule has 0 fully saturated rings. The summed E-state index contributed by atoms with van der Waals surface area (Å²) in [6, 6.07) is 5.54. The summed E-state index contributed by atoms with van der Waals surface area (Å²) in [6.07, 6.45) is 0. The third kappa shape index (κ3) is 5.58. The zero-order valence-electron chi connectivity index (χ0n) is 9.40. The van der Waals surface area contributed by atoms with Gasteiger partial charge >= 0.3 is 35.6 Å². The molecule has 96 valence electrons. The maximum absolute atomic E-state index is 11.4. The third-order valence-electron chi connectivity index (χ3n) is 1.96. The average molecular weight is 301 g/mol. The zero-order valence-corrected chi connectivity index (χ0v) is 11.0. The number of nitrogens with one attached hydrogen (secondary N) is 2. The van der Waals surface area contributed by atoms with Crippen LogP contribution in [0.2, 0.25) is 5.02 Å². The van der Waals surface area contributed by atoms with Gasteiger partial charge in [-0.1, -0.05) is 11.6 Å². The summed E-state index contributed by atoms with van der Waals surface area (Å²) in [6.45, 7) is 2.97. The van der Waals surface area contributed by atoms with Crippen LogP contribution in [0.3, 0.4) is 0 Å². The Morgan fingerprint density at radius 2 is 1.72 bits per heavy atom. The van der Waals surface area contributed by atoms with Gasteiger partial charge in [0.2, 0.25) is 10.0 Å². The number of amides is 2. The van der Waals surface area contributed by atoms with E-state index in [-0.39, 0.29) is 29.6 Å². The molecular weight excluding hydrogens is 287 g/mol. The molecule has 18 heavy (non-hydrogen) atoms. The van der Waals surface area contributed by atoms with Crippen LogP contribution >= 0.6 is 11.6 Å². The Morgan fingerprint density at radius 1 is 1.22 bits per heavy atom. The maximum atomic E-state index is 11.4. The first-order valence-electron chi connectivity index (χ1n) is 4.89. The minimum atomic E-state index is -3.61. The first-order valence-corrected chi connectivity index (χ1v) is 6.82. The molecule has 0 saturated carbocycles. The van der Waals surface area contributed by atoms with Crippen LogP contribution in [0.4, 0.5) is 10.5 Å². The van der Waals surface area contributed by atoms with Crippen molar-refractivity contribution < 1.29 is 13.2 Å². The van der Waals surface area contributed by atoms with Crippen molar-refractivity contribution in [2.24, 2.45) is 0 Å². The number of benzene rings is 1. The summed E-state index contributed by atoms with van der Waals surface area (Å²) in [7, 11) is -3.61. The van der Waals surface area contributed by atoms with Gasteiger partial charge in [0.1, 0.15) is 0 Å². The fraction of sp³-hybridized carbons (Fsp3) is 0.300. The molecule has 0 unspecified atom stereocenters. The standard InChI is InChI=1S/C10H13ClN2O3S.Na.H/c1-7(2)17(15,16)13-10(14)12-9-5-3-8(11)4-6-9;;/h3-7H,1-2H3,(H2,12,13,14);;. The van der Waals surface area contributed by atoms with Crippen molar-refractivity contribution in [3.05, 3.63) is 29.3 Å². The quantitative estimate of drug-likeness (QED) is 0.832. The van der Waals surface area contributed by atoms with Crippen molar-refractivity contribution in [1.82, 2.24) is 4.72 Å². The second-order valence-electron chi connectivity index (χ2n) is 3.66. The molecule has 1 aromatic carbocycles. The summed E-state index contributed by atoms with van der Waals surface area (Å²) in [5, 5.41) is 2.26. The molecule has 0 aliphatic rings. The van der Waals surface area contributed by atoms with Gasteiger partial charge in [-0.15, -0.1) is 0 Å². The molecule has 1 rings (SSSR count). The van der Waals surface area contributed by atoms with E-state index >= 15 is 0 Å². The molecule has 0 aromatic heterocycles. The van der Waals surface area contributed by atoms with Gasteiger partial charge in [0.05, 0.1) is 5.25 Å². The van der Waals surface area contributed by atoms with Crippen molar-refractivity contribution in [2.45, 2.75) is 19.1 Å². The Morgan fingerprint density at radius 3 is 2.17 bits per heavy atom. The number of urea groups is 1. The molecule has 0 atom stereocenters. The second kappa shape index (κ2) is 7.35. The molecule has 1 aromatic rings. The Labute approximate surface area is 134 Å². The van der Waals surface area contributed by atoms with Gasteiger partial charge < -0.3 is 5.32 Å².